The Hall–Kier alpha value is -1.39. The van der Waals surface area contributed by atoms with Crippen molar-refractivity contribution in [1.82, 2.24) is 0 Å². The van der Waals surface area contributed by atoms with Crippen LogP contribution in [0.25, 0.3) is 0 Å². The summed E-state index contributed by atoms with van der Waals surface area (Å²) < 4.78 is 45.2. The topological polar surface area (TPSA) is 21.3 Å². The average molecular weight is 301 g/mol. The van der Waals surface area contributed by atoms with E-state index in [9.17, 15) is 13.2 Å². The van der Waals surface area contributed by atoms with E-state index in [4.69, 9.17) is 4.74 Å². The second-order valence-electron chi connectivity index (χ2n) is 5.55. The molecule has 1 aliphatic rings. The summed E-state index contributed by atoms with van der Waals surface area (Å²) in [6, 6.07) is 2.59. The standard InChI is InChI=1S/C16H22F3NO/c1-3-5-11-9-12-13(16(17,18)19)6-7-14(21-8-4-2)15(12)20-10-11/h6-7,11,20H,3-5,8-10H2,1-2H3. The SMILES string of the molecule is CCCOc1ccc(C(F)(F)F)c2c1NCC(CCC)C2. The summed E-state index contributed by atoms with van der Waals surface area (Å²) in [6.07, 6.45) is -1.11. The van der Waals surface area contributed by atoms with Crippen molar-refractivity contribution in [3.05, 3.63) is 23.3 Å². The van der Waals surface area contributed by atoms with E-state index >= 15 is 0 Å². The molecule has 0 amide bonds. The highest BCUT2D eigenvalue weighted by Gasteiger charge is 2.37. The van der Waals surface area contributed by atoms with Gasteiger partial charge in [0.05, 0.1) is 17.9 Å². The van der Waals surface area contributed by atoms with Gasteiger partial charge in [-0.15, -0.1) is 0 Å². The van der Waals surface area contributed by atoms with E-state index in [1.54, 1.807) is 0 Å². The van der Waals surface area contributed by atoms with Crippen LogP contribution >= 0.6 is 0 Å². The third-order valence-corrected chi connectivity index (χ3v) is 3.80. The fraction of sp³-hybridized carbons (Fsp3) is 0.625. The predicted molar refractivity (Wildman–Crippen MR) is 77.8 cm³/mol. The fourth-order valence-electron chi connectivity index (χ4n) is 2.85. The maximum atomic E-state index is 13.2. The number of alkyl halides is 3. The monoisotopic (exact) mass is 301 g/mol. The van der Waals surface area contributed by atoms with E-state index in [1.807, 2.05) is 6.92 Å². The molecule has 118 valence electrons. The Bertz CT molecular complexity index is 485. The zero-order chi connectivity index (χ0) is 15.5. The predicted octanol–water partition coefficient (Wildman–Crippen LogP) is 4.88. The van der Waals surface area contributed by atoms with Crippen molar-refractivity contribution in [2.75, 3.05) is 18.5 Å². The van der Waals surface area contributed by atoms with Gasteiger partial charge in [-0.1, -0.05) is 20.3 Å². The zero-order valence-electron chi connectivity index (χ0n) is 12.5. The molecule has 0 saturated carbocycles. The van der Waals surface area contributed by atoms with Crippen LogP contribution in [-0.4, -0.2) is 13.2 Å². The molecule has 0 spiro atoms. The smallest absolute Gasteiger partial charge is 0.416 e. The van der Waals surface area contributed by atoms with Crippen LogP contribution < -0.4 is 10.1 Å². The van der Waals surface area contributed by atoms with Crippen LogP contribution in [0.2, 0.25) is 0 Å². The molecular formula is C16H22F3NO. The van der Waals surface area contributed by atoms with Crippen molar-refractivity contribution >= 4 is 5.69 Å². The quantitative estimate of drug-likeness (QED) is 0.837. The molecule has 1 aromatic rings. The molecule has 2 rings (SSSR count). The number of ether oxygens (including phenoxy) is 1. The first-order valence-corrected chi connectivity index (χ1v) is 7.57. The molecule has 1 N–H and O–H groups in total. The zero-order valence-corrected chi connectivity index (χ0v) is 12.5. The molecule has 0 saturated heterocycles. The Balaban J connectivity index is 2.38. The number of rotatable bonds is 5. The molecule has 1 aromatic carbocycles. The maximum absolute atomic E-state index is 13.2. The van der Waals surface area contributed by atoms with Gasteiger partial charge < -0.3 is 10.1 Å². The van der Waals surface area contributed by atoms with Crippen LogP contribution in [0.1, 0.15) is 44.2 Å². The maximum Gasteiger partial charge on any atom is 0.416 e. The lowest BCUT2D eigenvalue weighted by Crippen LogP contribution is -2.26. The Morgan fingerprint density at radius 3 is 2.62 bits per heavy atom. The third kappa shape index (κ3) is 3.63. The van der Waals surface area contributed by atoms with Gasteiger partial charge in [0, 0.05) is 6.54 Å². The third-order valence-electron chi connectivity index (χ3n) is 3.80. The molecule has 2 nitrogen and oxygen atoms in total. The first-order valence-electron chi connectivity index (χ1n) is 7.57. The Kier molecular flexibility index (Phi) is 5.01. The Labute approximate surface area is 123 Å². The van der Waals surface area contributed by atoms with Crippen LogP contribution in [0.3, 0.4) is 0 Å². The highest BCUT2D eigenvalue weighted by Crippen LogP contribution is 2.43. The normalized spacial score (nSPS) is 18.0. The molecule has 1 aliphatic heterocycles. The minimum absolute atomic E-state index is 0.255. The fourth-order valence-corrected chi connectivity index (χ4v) is 2.85. The van der Waals surface area contributed by atoms with Gasteiger partial charge in [0.15, 0.2) is 0 Å². The highest BCUT2D eigenvalue weighted by atomic mass is 19.4. The van der Waals surface area contributed by atoms with Crippen LogP contribution in [-0.2, 0) is 12.6 Å². The molecule has 1 heterocycles. The molecule has 0 fully saturated rings. The lowest BCUT2D eigenvalue weighted by Gasteiger charge is -2.30. The van der Waals surface area contributed by atoms with E-state index in [0.29, 0.717) is 36.6 Å². The summed E-state index contributed by atoms with van der Waals surface area (Å²) in [5.74, 6) is 0.792. The number of hydrogen-bond donors (Lipinski definition) is 1. The molecular weight excluding hydrogens is 279 g/mol. The van der Waals surface area contributed by atoms with Gasteiger partial charge >= 0.3 is 6.18 Å². The van der Waals surface area contributed by atoms with Gasteiger partial charge in [0.2, 0.25) is 0 Å². The molecule has 0 aromatic heterocycles. The first kappa shape index (κ1) is 16.0. The van der Waals surface area contributed by atoms with Crippen molar-refractivity contribution < 1.29 is 17.9 Å². The molecule has 21 heavy (non-hydrogen) atoms. The van der Waals surface area contributed by atoms with Crippen LogP contribution in [0.5, 0.6) is 5.75 Å². The van der Waals surface area contributed by atoms with E-state index in [-0.39, 0.29) is 5.92 Å². The van der Waals surface area contributed by atoms with Gasteiger partial charge in [-0.2, -0.15) is 13.2 Å². The lowest BCUT2D eigenvalue weighted by atomic mass is 9.87. The molecule has 0 radical (unpaired) electrons. The van der Waals surface area contributed by atoms with Gasteiger partial charge in [0.25, 0.3) is 0 Å². The van der Waals surface area contributed by atoms with Crippen molar-refractivity contribution in [2.45, 2.75) is 45.7 Å². The highest BCUT2D eigenvalue weighted by molar-refractivity contribution is 5.66. The largest absolute Gasteiger partial charge is 0.491 e. The van der Waals surface area contributed by atoms with E-state index in [1.165, 1.54) is 6.07 Å². The Morgan fingerprint density at radius 1 is 1.24 bits per heavy atom. The second-order valence-corrected chi connectivity index (χ2v) is 5.55. The molecule has 0 aliphatic carbocycles. The Morgan fingerprint density at radius 2 is 2.00 bits per heavy atom. The summed E-state index contributed by atoms with van der Waals surface area (Å²) in [7, 11) is 0. The van der Waals surface area contributed by atoms with Crippen molar-refractivity contribution in [3.63, 3.8) is 0 Å². The lowest BCUT2D eigenvalue weighted by molar-refractivity contribution is -0.138. The summed E-state index contributed by atoms with van der Waals surface area (Å²) in [5, 5.41) is 3.16. The molecule has 5 heteroatoms. The number of fused-ring (bicyclic) bond motifs is 1. The summed E-state index contributed by atoms with van der Waals surface area (Å²) in [5.41, 5.74) is 0.362. The van der Waals surface area contributed by atoms with Crippen LogP contribution in [0, 0.1) is 5.92 Å². The minimum Gasteiger partial charge on any atom is -0.491 e. The van der Waals surface area contributed by atoms with E-state index in [0.717, 1.165) is 25.3 Å². The number of benzene rings is 1. The van der Waals surface area contributed by atoms with Gasteiger partial charge in [0.1, 0.15) is 5.75 Å². The summed E-state index contributed by atoms with van der Waals surface area (Å²) in [6.45, 7) is 5.25. The molecule has 1 unspecified atom stereocenters. The van der Waals surface area contributed by atoms with Crippen LogP contribution in [0.4, 0.5) is 18.9 Å². The van der Waals surface area contributed by atoms with Crippen molar-refractivity contribution in [1.29, 1.82) is 0 Å². The number of anilines is 1. The van der Waals surface area contributed by atoms with Gasteiger partial charge in [-0.05, 0) is 42.9 Å². The van der Waals surface area contributed by atoms with Crippen LogP contribution in [0.15, 0.2) is 12.1 Å². The van der Waals surface area contributed by atoms with E-state index in [2.05, 4.69) is 12.2 Å². The van der Waals surface area contributed by atoms with Crippen molar-refractivity contribution in [3.8, 4) is 5.75 Å². The number of hydrogen-bond acceptors (Lipinski definition) is 2. The van der Waals surface area contributed by atoms with E-state index < -0.39 is 11.7 Å². The first-order chi connectivity index (χ1) is 9.97. The van der Waals surface area contributed by atoms with Crippen molar-refractivity contribution in [2.24, 2.45) is 5.92 Å². The van der Waals surface area contributed by atoms with Gasteiger partial charge in [-0.3, -0.25) is 0 Å². The molecule has 1 atom stereocenters. The summed E-state index contributed by atoms with van der Waals surface area (Å²) in [4.78, 5) is 0. The summed E-state index contributed by atoms with van der Waals surface area (Å²) >= 11 is 0. The average Bonchev–Trinajstić information content (AvgIpc) is 2.43. The van der Waals surface area contributed by atoms with Gasteiger partial charge in [-0.25, -0.2) is 0 Å². The molecule has 0 bridgehead atoms. The number of nitrogens with one attached hydrogen (secondary N) is 1. The second kappa shape index (κ2) is 6.58. The minimum atomic E-state index is -4.32. The number of halogens is 3.